The lowest BCUT2D eigenvalue weighted by Gasteiger charge is -2.22. The topological polar surface area (TPSA) is 75.2 Å². The number of carbonyl (C=O) groups excluding carboxylic acids is 2. The number of halogens is 1. The van der Waals surface area contributed by atoms with Gasteiger partial charge in [0.15, 0.2) is 5.69 Å². The molecule has 0 saturated heterocycles. The largest absolute Gasteiger partial charge is 0.350 e. The van der Waals surface area contributed by atoms with E-state index in [9.17, 15) is 14.0 Å². The van der Waals surface area contributed by atoms with E-state index in [1.165, 1.54) is 17.0 Å². The molecule has 0 atom stereocenters. The number of aromatic nitrogens is 2. The summed E-state index contributed by atoms with van der Waals surface area (Å²) in [5.74, 6) is -0.708. The van der Waals surface area contributed by atoms with Gasteiger partial charge in [-0.05, 0) is 52.8 Å². The fraction of sp³-hybridized carbons (Fsp3) is 0.238. The van der Waals surface area contributed by atoms with Gasteiger partial charge in [0.2, 0.25) is 5.91 Å². The highest BCUT2D eigenvalue weighted by Gasteiger charge is 2.23. The van der Waals surface area contributed by atoms with E-state index in [1.807, 2.05) is 24.3 Å². The molecule has 8 heteroatoms. The highest BCUT2D eigenvalue weighted by atomic mass is 32.1. The molecule has 0 aliphatic carbocycles. The molecule has 0 bridgehead atoms. The summed E-state index contributed by atoms with van der Waals surface area (Å²) in [6.07, 6.45) is 0. The van der Waals surface area contributed by atoms with Crippen LogP contribution in [0.15, 0.2) is 53.9 Å². The number of benzene rings is 2. The Hall–Kier alpha value is -3.13. The first-order valence-corrected chi connectivity index (χ1v) is 9.97. The maximum Gasteiger partial charge on any atom is 0.280 e. The van der Waals surface area contributed by atoms with Crippen molar-refractivity contribution >= 4 is 29.0 Å². The minimum absolute atomic E-state index is 0.168. The summed E-state index contributed by atoms with van der Waals surface area (Å²) in [7, 11) is 0. The predicted octanol–water partition coefficient (Wildman–Crippen LogP) is 3.76. The summed E-state index contributed by atoms with van der Waals surface area (Å²) in [4.78, 5) is 26.8. The van der Waals surface area contributed by atoms with Crippen molar-refractivity contribution in [2.75, 3.05) is 11.4 Å². The van der Waals surface area contributed by atoms with Gasteiger partial charge in [0.05, 0.1) is 0 Å². The van der Waals surface area contributed by atoms with Gasteiger partial charge in [-0.1, -0.05) is 42.6 Å². The zero-order valence-corrected chi connectivity index (χ0v) is 16.9. The highest BCUT2D eigenvalue weighted by Crippen LogP contribution is 2.21. The van der Waals surface area contributed by atoms with Gasteiger partial charge >= 0.3 is 0 Å². The first kappa shape index (κ1) is 20.6. The maximum atomic E-state index is 13.0. The molecule has 3 aromatic rings. The van der Waals surface area contributed by atoms with Gasteiger partial charge < -0.3 is 5.32 Å². The molecule has 6 nitrogen and oxygen atoms in total. The Kier molecular flexibility index (Phi) is 6.66. The molecule has 3 rings (SSSR count). The third-order valence-corrected chi connectivity index (χ3v) is 4.90. The van der Waals surface area contributed by atoms with Crippen LogP contribution in [0.5, 0.6) is 0 Å². The molecule has 150 valence electrons. The van der Waals surface area contributed by atoms with Crippen LogP contribution in [0, 0.1) is 5.82 Å². The zero-order valence-electron chi connectivity index (χ0n) is 16.1. The number of anilines is 1. The van der Waals surface area contributed by atoms with E-state index in [1.54, 1.807) is 17.5 Å². The Bertz CT molecular complexity index is 957. The third-order valence-electron chi connectivity index (χ3n) is 4.40. The van der Waals surface area contributed by atoms with Crippen LogP contribution < -0.4 is 10.2 Å². The first-order chi connectivity index (χ1) is 13.9. The molecule has 2 amide bonds. The van der Waals surface area contributed by atoms with Gasteiger partial charge in [0.25, 0.3) is 5.91 Å². The molecular formula is C21H21FN4O2S. The summed E-state index contributed by atoms with van der Waals surface area (Å²) in [6, 6.07) is 13.4. The Balaban J connectivity index is 1.74. The normalized spacial score (nSPS) is 10.8. The summed E-state index contributed by atoms with van der Waals surface area (Å²) >= 11 is 1.07. The number of nitrogens with zero attached hydrogens (tertiary/aromatic N) is 3. The zero-order chi connectivity index (χ0) is 20.8. The van der Waals surface area contributed by atoms with Crippen molar-refractivity contribution in [3.63, 3.8) is 0 Å². The second-order valence-electron chi connectivity index (χ2n) is 6.83. The van der Waals surface area contributed by atoms with Gasteiger partial charge in [-0.15, -0.1) is 5.10 Å². The van der Waals surface area contributed by atoms with Crippen LogP contribution in [0.4, 0.5) is 10.1 Å². The molecule has 0 radical (unpaired) electrons. The number of hydrogen-bond acceptors (Lipinski definition) is 5. The summed E-state index contributed by atoms with van der Waals surface area (Å²) in [6.45, 7) is 4.24. The van der Waals surface area contributed by atoms with E-state index >= 15 is 0 Å². The van der Waals surface area contributed by atoms with Crippen LogP contribution in [0.25, 0.3) is 0 Å². The van der Waals surface area contributed by atoms with Gasteiger partial charge in [0.1, 0.15) is 12.4 Å². The molecule has 0 saturated carbocycles. The van der Waals surface area contributed by atoms with Crippen LogP contribution in [-0.2, 0) is 11.3 Å². The lowest BCUT2D eigenvalue weighted by atomic mass is 10.0. The van der Waals surface area contributed by atoms with Crippen molar-refractivity contribution < 1.29 is 14.0 Å². The second-order valence-corrected chi connectivity index (χ2v) is 7.44. The monoisotopic (exact) mass is 412 g/mol. The molecule has 1 aromatic heterocycles. The minimum Gasteiger partial charge on any atom is -0.350 e. The predicted molar refractivity (Wildman–Crippen MR) is 110 cm³/mol. The smallest absolute Gasteiger partial charge is 0.280 e. The number of carbonyl (C=O) groups is 2. The minimum atomic E-state index is -0.395. The lowest BCUT2D eigenvalue weighted by Crippen LogP contribution is -2.41. The van der Waals surface area contributed by atoms with Crippen LogP contribution in [0.3, 0.4) is 0 Å². The fourth-order valence-corrected chi connectivity index (χ4v) is 3.15. The van der Waals surface area contributed by atoms with E-state index in [4.69, 9.17) is 0 Å². The van der Waals surface area contributed by atoms with E-state index in [0.29, 0.717) is 11.6 Å². The summed E-state index contributed by atoms with van der Waals surface area (Å²) < 4.78 is 16.7. The number of nitrogens with one attached hydrogen (secondary N) is 1. The highest BCUT2D eigenvalue weighted by molar-refractivity contribution is 7.03. The average molecular weight is 412 g/mol. The quantitative estimate of drug-likeness (QED) is 0.641. The van der Waals surface area contributed by atoms with E-state index in [2.05, 4.69) is 28.8 Å². The first-order valence-electron chi connectivity index (χ1n) is 9.14. The van der Waals surface area contributed by atoms with Gasteiger partial charge in [-0.25, -0.2) is 4.39 Å². The lowest BCUT2D eigenvalue weighted by molar-refractivity contribution is -0.119. The van der Waals surface area contributed by atoms with Gasteiger partial charge in [-0.2, -0.15) is 0 Å². The van der Waals surface area contributed by atoms with Crippen molar-refractivity contribution in [1.29, 1.82) is 0 Å². The van der Waals surface area contributed by atoms with Crippen molar-refractivity contribution in [2.24, 2.45) is 0 Å². The second kappa shape index (κ2) is 9.38. The van der Waals surface area contributed by atoms with E-state index < -0.39 is 5.91 Å². The SMILES string of the molecule is CC(C)c1ccc(N(CC(=O)NCc2ccc(F)cc2)C(=O)c2csnn2)cc1. The number of rotatable bonds is 7. The molecule has 0 unspecified atom stereocenters. The van der Waals surface area contributed by atoms with Crippen molar-refractivity contribution in [3.05, 3.63) is 76.5 Å². The van der Waals surface area contributed by atoms with Crippen molar-refractivity contribution in [2.45, 2.75) is 26.3 Å². The van der Waals surface area contributed by atoms with E-state index in [-0.39, 0.29) is 30.5 Å². The van der Waals surface area contributed by atoms with Crippen LogP contribution in [0.1, 0.15) is 41.4 Å². The van der Waals surface area contributed by atoms with E-state index in [0.717, 1.165) is 22.7 Å². The maximum absolute atomic E-state index is 13.0. The standard InChI is InChI=1S/C21H21FN4O2S/c1-14(2)16-5-9-18(10-6-16)26(21(28)19-13-29-25-24-19)12-20(27)23-11-15-3-7-17(22)8-4-15/h3-10,13-14H,11-12H2,1-2H3,(H,23,27). The molecule has 2 aromatic carbocycles. The summed E-state index contributed by atoms with van der Waals surface area (Å²) in [5, 5.41) is 8.14. The average Bonchev–Trinajstić information content (AvgIpc) is 3.26. The van der Waals surface area contributed by atoms with Crippen LogP contribution in [-0.4, -0.2) is 27.9 Å². The Labute approximate surface area is 172 Å². The van der Waals surface area contributed by atoms with Gasteiger partial charge in [-0.3, -0.25) is 14.5 Å². The number of hydrogen-bond donors (Lipinski definition) is 1. The fourth-order valence-electron chi connectivity index (χ4n) is 2.72. The molecule has 0 aliphatic heterocycles. The molecule has 0 aliphatic rings. The van der Waals surface area contributed by atoms with Crippen molar-refractivity contribution in [3.8, 4) is 0 Å². The molecule has 1 N–H and O–H groups in total. The summed E-state index contributed by atoms with van der Waals surface area (Å²) in [5.41, 5.74) is 2.69. The van der Waals surface area contributed by atoms with Crippen molar-refractivity contribution in [1.82, 2.24) is 14.9 Å². The Morgan fingerprint density at radius 1 is 1.10 bits per heavy atom. The molecule has 0 fully saturated rings. The van der Waals surface area contributed by atoms with Crippen LogP contribution >= 0.6 is 11.5 Å². The molecule has 0 spiro atoms. The Morgan fingerprint density at radius 2 is 1.79 bits per heavy atom. The number of amides is 2. The molecule has 29 heavy (non-hydrogen) atoms. The molecule has 1 heterocycles. The Morgan fingerprint density at radius 3 is 2.38 bits per heavy atom. The third kappa shape index (κ3) is 5.45. The van der Waals surface area contributed by atoms with Gasteiger partial charge in [0, 0.05) is 17.6 Å². The molecular weight excluding hydrogens is 391 g/mol. The van der Waals surface area contributed by atoms with Crippen LogP contribution in [0.2, 0.25) is 0 Å².